The molecule has 0 spiro atoms. The van der Waals surface area contributed by atoms with Crippen molar-refractivity contribution in [1.82, 2.24) is 15.1 Å². The smallest absolute Gasteiger partial charge is 0.239 e. The topological polar surface area (TPSA) is 82.0 Å². The van der Waals surface area contributed by atoms with Crippen LogP contribution in [-0.2, 0) is 28.7 Å². The van der Waals surface area contributed by atoms with Gasteiger partial charge in [-0.1, -0.05) is 41.6 Å². The summed E-state index contributed by atoms with van der Waals surface area (Å²) in [5, 5.41) is 3.97. The van der Waals surface area contributed by atoms with Gasteiger partial charge in [-0.25, -0.2) is 9.37 Å². The van der Waals surface area contributed by atoms with Gasteiger partial charge >= 0.3 is 0 Å². The summed E-state index contributed by atoms with van der Waals surface area (Å²) >= 11 is 0. The minimum Gasteiger partial charge on any atom is -0.440 e. The molecule has 0 saturated heterocycles. The molecule has 6 nitrogen and oxygen atoms in total. The van der Waals surface area contributed by atoms with E-state index in [4.69, 9.17) is 8.94 Å². The second kappa shape index (κ2) is 8.48. The van der Waals surface area contributed by atoms with Crippen LogP contribution in [-0.4, -0.2) is 19.3 Å². The molecule has 8 heteroatoms. The lowest BCUT2D eigenvalue weighted by Crippen LogP contribution is -2.00. The Kier molecular flexibility index (Phi) is 5.62. The monoisotopic (exact) mass is 411 g/mol. The number of rotatable bonds is 7. The van der Waals surface area contributed by atoms with E-state index in [2.05, 4.69) is 15.1 Å². The number of oxazole rings is 1. The lowest BCUT2D eigenvalue weighted by atomic mass is 10.1. The number of nitrogens with zero attached hydrogens (tertiary/aromatic N) is 3. The predicted molar refractivity (Wildman–Crippen MR) is 106 cm³/mol. The van der Waals surface area contributed by atoms with Gasteiger partial charge in [-0.2, -0.15) is 4.98 Å². The molecule has 0 aliphatic carbocycles. The molecular weight excluding hydrogens is 393 g/mol. The zero-order chi connectivity index (χ0) is 20.2. The van der Waals surface area contributed by atoms with Crippen LogP contribution in [0, 0.1) is 12.7 Å². The summed E-state index contributed by atoms with van der Waals surface area (Å²) in [7, 11) is -1.33. The van der Waals surface area contributed by atoms with Gasteiger partial charge in [-0.3, -0.25) is 4.21 Å². The molecule has 4 rings (SSSR count). The molecule has 148 valence electrons. The molecule has 2 heterocycles. The van der Waals surface area contributed by atoms with Crippen molar-refractivity contribution in [3.05, 3.63) is 89.3 Å². The summed E-state index contributed by atoms with van der Waals surface area (Å²) in [6, 6.07) is 14.0. The highest BCUT2D eigenvalue weighted by atomic mass is 32.2. The van der Waals surface area contributed by atoms with Gasteiger partial charge in [-0.15, -0.1) is 0 Å². The quantitative estimate of drug-likeness (QED) is 0.453. The van der Waals surface area contributed by atoms with E-state index in [0.717, 1.165) is 11.1 Å². The van der Waals surface area contributed by atoms with E-state index < -0.39 is 10.8 Å². The molecule has 1 unspecified atom stereocenters. The summed E-state index contributed by atoms with van der Waals surface area (Å²) in [6.45, 7) is 2.03. The molecule has 0 bridgehead atoms. The van der Waals surface area contributed by atoms with Crippen LogP contribution in [0.25, 0.3) is 11.3 Å². The summed E-state index contributed by atoms with van der Waals surface area (Å²) in [5.74, 6) is 1.45. The molecule has 0 aliphatic heterocycles. The predicted octanol–water partition coefficient (Wildman–Crippen LogP) is 4.21. The fourth-order valence-electron chi connectivity index (χ4n) is 2.88. The van der Waals surface area contributed by atoms with Crippen molar-refractivity contribution in [1.29, 1.82) is 0 Å². The average Bonchev–Trinajstić information content (AvgIpc) is 3.33. The van der Waals surface area contributed by atoms with E-state index >= 15 is 0 Å². The van der Waals surface area contributed by atoms with E-state index in [1.807, 2.05) is 31.2 Å². The first kappa shape index (κ1) is 19.2. The zero-order valence-corrected chi connectivity index (χ0v) is 16.5. The number of hydrogen-bond donors (Lipinski definition) is 0. The number of hydrogen-bond acceptors (Lipinski definition) is 6. The fourth-order valence-corrected chi connectivity index (χ4v) is 3.78. The summed E-state index contributed by atoms with van der Waals surface area (Å²) in [5.41, 5.74) is 2.85. The van der Waals surface area contributed by atoms with Crippen LogP contribution < -0.4 is 0 Å². The first-order valence-corrected chi connectivity index (χ1v) is 10.5. The van der Waals surface area contributed by atoms with Crippen LogP contribution in [0.5, 0.6) is 0 Å². The molecule has 4 aromatic rings. The SMILES string of the molecule is Cc1ccccc1Cc1noc(CS(=O)Cc2ncc(-c3cccc(F)c3)o2)n1. The van der Waals surface area contributed by atoms with Crippen LogP contribution in [0.1, 0.15) is 28.7 Å². The molecule has 0 N–H and O–H groups in total. The maximum absolute atomic E-state index is 13.3. The minimum atomic E-state index is -1.33. The Morgan fingerprint density at radius 2 is 1.90 bits per heavy atom. The van der Waals surface area contributed by atoms with Gasteiger partial charge in [0.1, 0.15) is 17.3 Å². The number of halogens is 1. The van der Waals surface area contributed by atoms with Gasteiger partial charge in [-0.05, 0) is 30.2 Å². The Balaban J connectivity index is 1.37. The molecule has 0 radical (unpaired) electrons. The van der Waals surface area contributed by atoms with Crippen LogP contribution in [0.15, 0.2) is 63.7 Å². The van der Waals surface area contributed by atoms with Gasteiger partial charge in [0, 0.05) is 22.8 Å². The number of aryl methyl sites for hydroxylation is 1. The van der Waals surface area contributed by atoms with E-state index in [1.54, 1.807) is 12.1 Å². The molecular formula is C21H18FN3O3S. The van der Waals surface area contributed by atoms with Crippen molar-refractivity contribution in [2.45, 2.75) is 24.9 Å². The second-order valence-electron chi connectivity index (χ2n) is 6.56. The summed E-state index contributed by atoms with van der Waals surface area (Å²) in [6.07, 6.45) is 2.05. The molecule has 0 aliphatic rings. The van der Waals surface area contributed by atoms with Crippen molar-refractivity contribution >= 4 is 10.8 Å². The normalized spacial score (nSPS) is 12.2. The number of benzene rings is 2. The molecule has 2 aromatic carbocycles. The van der Waals surface area contributed by atoms with Crippen LogP contribution in [0.3, 0.4) is 0 Å². The average molecular weight is 411 g/mol. The molecule has 1 atom stereocenters. The van der Waals surface area contributed by atoms with Crippen LogP contribution >= 0.6 is 0 Å². The lowest BCUT2D eigenvalue weighted by molar-refractivity contribution is 0.385. The van der Waals surface area contributed by atoms with Gasteiger partial charge in [0.2, 0.25) is 11.8 Å². The van der Waals surface area contributed by atoms with Crippen molar-refractivity contribution in [2.24, 2.45) is 0 Å². The first-order valence-electron chi connectivity index (χ1n) is 8.98. The largest absolute Gasteiger partial charge is 0.440 e. The highest BCUT2D eigenvalue weighted by molar-refractivity contribution is 7.83. The van der Waals surface area contributed by atoms with E-state index in [1.165, 1.54) is 18.3 Å². The zero-order valence-electron chi connectivity index (χ0n) is 15.7. The van der Waals surface area contributed by atoms with Crippen LogP contribution in [0.4, 0.5) is 4.39 Å². The molecule has 0 amide bonds. The molecule has 0 fully saturated rings. The molecule has 2 aromatic heterocycles. The van der Waals surface area contributed by atoms with Crippen LogP contribution in [0.2, 0.25) is 0 Å². The Morgan fingerprint density at radius 1 is 1.07 bits per heavy atom. The number of aromatic nitrogens is 3. The second-order valence-corrected chi connectivity index (χ2v) is 8.02. The Labute approximate surface area is 169 Å². The molecule has 0 saturated carbocycles. The minimum absolute atomic E-state index is 0.102. The Hall–Kier alpha value is -3.13. The van der Waals surface area contributed by atoms with Gasteiger partial charge in [0.05, 0.1) is 6.20 Å². The van der Waals surface area contributed by atoms with E-state index in [-0.39, 0.29) is 17.3 Å². The van der Waals surface area contributed by atoms with Crippen molar-refractivity contribution in [3.63, 3.8) is 0 Å². The standard InChI is InChI=1S/C21H18FN3O3S/c1-14-5-2-3-6-15(14)10-19-24-21(28-25-19)13-29(26)12-20-23-11-18(27-20)16-7-4-8-17(22)9-16/h2-9,11H,10,12-13H2,1H3. The van der Waals surface area contributed by atoms with Gasteiger partial charge < -0.3 is 8.94 Å². The maximum Gasteiger partial charge on any atom is 0.239 e. The third kappa shape index (κ3) is 4.83. The van der Waals surface area contributed by atoms with Gasteiger partial charge in [0.25, 0.3) is 0 Å². The van der Waals surface area contributed by atoms with Gasteiger partial charge in [0.15, 0.2) is 11.6 Å². The highest BCUT2D eigenvalue weighted by Crippen LogP contribution is 2.22. The maximum atomic E-state index is 13.3. The van der Waals surface area contributed by atoms with E-state index in [0.29, 0.717) is 35.4 Å². The van der Waals surface area contributed by atoms with Crippen molar-refractivity contribution in [2.75, 3.05) is 0 Å². The third-order valence-corrected chi connectivity index (χ3v) is 5.49. The highest BCUT2D eigenvalue weighted by Gasteiger charge is 2.15. The summed E-state index contributed by atoms with van der Waals surface area (Å²) < 4.78 is 36.6. The molecule has 29 heavy (non-hydrogen) atoms. The van der Waals surface area contributed by atoms with Crippen molar-refractivity contribution < 1.29 is 17.5 Å². The van der Waals surface area contributed by atoms with Crippen molar-refractivity contribution in [3.8, 4) is 11.3 Å². The first-order chi connectivity index (χ1) is 14.1. The van der Waals surface area contributed by atoms with E-state index in [9.17, 15) is 8.60 Å². The fraction of sp³-hybridized carbons (Fsp3) is 0.190. The Morgan fingerprint density at radius 3 is 2.72 bits per heavy atom. The lowest BCUT2D eigenvalue weighted by Gasteiger charge is -2.00. The summed E-state index contributed by atoms with van der Waals surface area (Å²) in [4.78, 5) is 8.45. The Bertz CT molecular complexity index is 1160. The third-order valence-electron chi connectivity index (χ3n) is 4.35.